The molecule has 1 aliphatic carbocycles. The topological polar surface area (TPSA) is 105 Å². The van der Waals surface area contributed by atoms with Crippen molar-refractivity contribution in [2.45, 2.75) is 85.9 Å². The van der Waals surface area contributed by atoms with Gasteiger partial charge in [0.2, 0.25) is 0 Å². The number of carbonyl (C=O) groups is 4. The molecule has 1 saturated heterocycles. The van der Waals surface area contributed by atoms with Crippen LogP contribution in [0.4, 0.5) is 0 Å². The number of hydrogen-bond acceptors (Lipinski definition) is 8. The van der Waals surface area contributed by atoms with Crippen LogP contribution >= 0.6 is 0 Å². The van der Waals surface area contributed by atoms with Crippen LogP contribution in [0.5, 0.6) is 11.5 Å². The molecule has 8 heteroatoms. The molecule has 0 bridgehead atoms. The Labute approximate surface area is 199 Å². The fourth-order valence-corrected chi connectivity index (χ4v) is 4.99. The van der Waals surface area contributed by atoms with E-state index in [0.29, 0.717) is 16.7 Å². The second kappa shape index (κ2) is 8.89. The lowest BCUT2D eigenvalue weighted by molar-refractivity contribution is -0.164. The highest BCUT2D eigenvalue weighted by Crippen LogP contribution is 2.53. The summed E-state index contributed by atoms with van der Waals surface area (Å²) in [5.41, 5.74) is 0.820. The molecular weight excluding hydrogens is 440 g/mol. The Balaban J connectivity index is 2.41. The molecular formula is C26H32O8. The van der Waals surface area contributed by atoms with Gasteiger partial charge in [0, 0.05) is 49.3 Å². The highest BCUT2D eigenvalue weighted by Gasteiger charge is 2.50. The molecule has 2 atom stereocenters. The van der Waals surface area contributed by atoms with Gasteiger partial charge in [0.15, 0.2) is 11.5 Å². The van der Waals surface area contributed by atoms with E-state index in [1.807, 2.05) is 39.8 Å². The largest absolute Gasteiger partial charge is 0.454 e. The van der Waals surface area contributed by atoms with Crippen LogP contribution in [0.1, 0.15) is 90.5 Å². The van der Waals surface area contributed by atoms with Gasteiger partial charge in [-0.15, -0.1) is 0 Å². The molecule has 184 valence electrons. The Bertz CT molecular complexity index is 1090. The summed E-state index contributed by atoms with van der Waals surface area (Å²) in [6.45, 7) is 13.3. The number of carbonyl (C=O) groups excluding carboxylic acids is 4. The predicted octanol–water partition coefficient (Wildman–Crippen LogP) is 4.48. The molecule has 34 heavy (non-hydrogen) atoms. The summed E-state index contributed by atoms with van der Waals surface area (Å²) in [5.74, 6) is -1.95. The summed E-state index contributed by atoms with van der Waals surface area (Å²) in [5, 5.41) is 0. The first-order valence-electron chi connectivity index (χ1n) is 11.3. The van der Waals surface area contributed by atoms with Crippen molar-refractivity contribution < 1.29 is 38.1 Å². The molecule has 8 nitrogen and oxygen atoms in total. The molecule has 0 spiro atoms. The third kappa shape index (κ3) is 4.86. The van der Waals surface area contributed by atoms with Crippen LogP contribution in [-0.4, -0.2) is 29.5 Å². The Hall–Kier alpha value is -3.16. The normalized spacial score (nSPS) is 23.0. The predicted molar refractivity (Wildman–Crippen MR) is 122 cm³/mol. The number of ether oxygens (including phenoxy) is 4. The van der Waals surface area contributed by atoms with Gasteiger partial charge in [-0.25, -0.2) is 0 Å². The average Bonchev–Trinajstić information content (AvgIpc) is 2.76. The molecule has 0 aromatic heterocycles. The molecule has 1 heterocycles. The van der Waals surface area contributed by atoms with Crippen molar-refractivity contribution in [2.75, 3.05) is 0 Å². The number of rotatable bonds is 4. The summed E-state index contributed by atoms with van der Waals surface area (Å²) < 4.78 is 22.8. The van der Waals surface area contributed by atoms with E-state index in [-0.39, 0.29) is 36.2 Å². The summed E-state index contributed by atoms with van der Waals surface area (Å²) >= 11 is 0. The quantitative estimate of drug-likeness (QED) is 0.359. The Morgan fingerprint density at radius 2 is 1.56 bits per heavy atom. The number of hydrogen-bond donors (Lipinski definition) is 0. The first-order chi connectivity index (χ1) is 15.6. The van der Waals surface area contributed by atoms with E-state index in [1.54, 1.807) is 6.92 Å². The minimum absolute atomic E-state index is 0.0661. The SMILES string of the molecule is CC(=O)Oc1c(C(C)C)cc2c(c1OC(C)=O)C[C@]1(C)OC(=O)CC(C)(C)C1=C[C@H]2OC(C)=O. The molecule has 0 amide bonds. The van der Waals surface area contributed by atoms with Crippen LogP contribution < -0.4 is 9.47 Å². The van der Waals surface area contributed by atoms with E-state index in [9.17, 15) is 19.2 Å². The van der Waals surface area contributed by atoms with Crippen LogP contribution in [0.2, 0.25) is 0 Å². The maximum Gasteiger partial charge on any atom is 0.308 e. The monoisotopic (exact) mass is 472 g/mol. The molecule has 0 N–H and O–H groups in total. The molecule has 1 aliphatic heterocycles. The summed E-state index contributed by atoms with van der Waals surface area (Å²) in [7, 11) is 0. The number of fused-ring (bicyclic) bond motifs is 2. The molecule has 3 rings (SSSR count). The smallest absolute Gasteiger partial charge is 0.308 e. The summed E-state index contributed by atoms with van der Waals surface area (Å²) in [4.78, 5) is 48.8. The maximum atomic E-state index is 12.6. The summed E-state index contributed by atoms with van der Waals surface area (Å²) in [6, 6.07) is 1.81. The van der Waals surface area contributed by atoms with E-state index in [1.165, 1.54) is 20.8 Å². The van der Waals surface area contributed by atoms with Crippen molar-refractivity contribution in [3.8, 4) is 11.5 Å². The number of esters is 4. The lowest BCUT2D eigenvalue weighted by Crippen LogP contribution is -2.47. The van der Waals surface area contributed by atoms with Gasteiger partial charge in [0.05, 0.1) is 6.42 Å². The van der Waals surface area contributed by atoms with Gasteiger partial charge in [0.25, 0.3) is 0 Å². The first-order valence-corrected chi connectivity index (χ1v) is 11.3. The molecule has 1 aromatic rings. The van der Waals surface area contributed by atoms with Crippen molar-refractivity contribution in [1.29, 1.82) is 0 Å². The van der Waals surface area contributed by atoms with Gasteiger partial charge in [-0.05, 0) is 30.6 Å². The lowest BCUT2D eigenvalue weighted by atomic mass is 9.69. The highest BCUT2D eigenvalue weighted by atomic mass is 16.6. The zero-order valence-corrected chi connectivity index (χ0v) is 21.0. The lowest BCUT2D eigenvalue weighted by Gasteiger charge is -2.44. The fourth-order valence-electron chi connectivity index (χ4n) is 4.99. The Morgan fingerprint density at radius 1 is 0.971 bits per heavy atom. The Kier molecular flexibility index (Phi) is 6.66. The molecule has 0 unspecified atom stereocenters. The molecule has 1 aromatic carbocycles. The van der Waals surface area contributed by atoms with Crippen molar-refractivity contribution >= 4 is 23.9 Å². The van der Waals surface area contributed by atoms with Crippen molar-refractivity contribution in [1.82, 2.24) is 0 Å². The van der Waals surface area contributed by atoms with Crippen LogP contribution in [-0.2, 0) is 35.1 Å². The van der Waals surface area contributed by atoms with Crippen molar-refractivity contribution in [3.63, 3.8) is 0 Å². The third-order valence-corrected chi connectivity index (χ3v) is 6.17. The van der Waals surface area contributed by atoms with Gasteiger partial charge < -0.3 is 18.9 Å². The highest BCUT2D eigenvalue weighted by molar-refractivity contribution is 5.78. The van der Waals surface area contributed by atoms with E-state index in [0.717, 1.165) is 5.57 Å². The standard InChI is InChI=1S/C26H32O8/c1-13(2)17-9-18-19(24(33-16(5)29)23(17)32-15(4)28)11-26(8)21(10-20(18)31-14(3)27)25(6,7)12-22(30)34-26/h9-10,13,20H,11-12H2,1-8H3/t20-,26+/m1/s1. The van der Waals surface area contributed by atoms with Crippen molar-refractivity contribution in [3.05, 3.63) is 34.4 Å². The van der Waals surface area contributed by atoms with Gasteiger partial charge in [-0.3, -0.25) is 19.2 Å². The van der Waals surface area contributed by atoms with E-state index in [2.05, 4.69) is 0 Å². The van der Waals surface area contributed by atoms with Crippen LogP contribution in [0.3, 0.4) is 0 Å². The Morgan fingerprint density at radius 3 is 2.09 bits per heavy atom. The van der Waals surface area contributed by atoms with Gasteiger partial charge in [-0.1, -0.05) is 27.7 Å². The molecule has 0 saturated carbocycles. The first kappa shape index (κ1) is 25.5. The maximum absolute atomic E-state index is 12.6. The second-order valence-corrected chi connectivity index (χ2v) is 10.1. The van der Waals surface area contributed by atoms with Crippen LogP contribution in [0, 0.1) is 5.41 Å². The fraction of sp³-hybridized carbons (Fsp3) is 0.538. The molecule has 2 aliphatic rings. The van der Waals surface area contributed by atoms with Crippen molar-refractivity contribution in [2.24, 2.45) is 5.41 Å². The van der Waals surface area contributed by atoms with Gasteiger partial charge in [-0.2, -0.15) is 0 Å². The minimum Gasteiger partial charge on any atom is -0.454 e. The van der Waals surface area contributed by atoms with E-state index < -0.39 is 35.0 Å². The average molecular weight is 473 g/mol. The van der Waals surface area contributed by atoms with E-state index >= 15 is 0 Å². The molecule has 0 radical (unpaired) electrons. The zero-order valence-electron chi connectivity index (χ0n) is 21.0. The summed E-state index contributed by atoms with van der Waals surface area (Å²) in [6.07, 6.45) is 1.31. The minimum atomic E-state index is -1.09. The van der Waals surface area contributed by atoms with Gasteiger partial charge >= 0.3 is 23.9 Å². The zero-order chi connectivity index (χ0) is 25.6. The second-order valence-electron chi connectivity index (χ2n) is 10.1. The molecule has 1 fully saturated rings. The van der Waals surface area contributed by atoms with Crippen LogP contribution in [0.15, 0.2) is 17.7 Å². The van der Waals surface area contributed by atoms with E-state index in [4.69, 9.17) is 18.9 Å². The number of benzene rings is 1. The third-order valence-electron chi connectivity index (χ3n) is 6.17. The van der Waals surface area contributed by atoms with Crippen LogP contribution in [0.25, 0.3) is 0 Å². The van der Waals surface area contributed by atoms with Gasteiger partial charge in [0.1, 0.15) is 11.7 Å².